The summed E-state index contributed by atoms with van der Waals surface area (Å²) in [6.45, 7) is 6.52. The van der Waals surface area contributed by atoms with Gasteiger partial charge in [0, 0.05) is 18.5 Å². The summed E-state index contributed by atoms with van der Waals surface area (Å²) in [5, 5.41) is 6.20. The summed E-state index contributed by atoms with van der Waals surface area (Å²) in [5.74, 6) is 7.28. The summed E-state index contributed by atoms with van der Waals surface area (Å²) in [4.78, 5) is 11.7. The molecule has 1 aliphatic rings. The van der Waals surface area contributed by atoms with Gasteiger partial charge in [-0.15, -0.1) is 0 Å². The van der Waals surface area contributed by atoms with Gasteiger partial charge in [-0.05, 0) is 56.5 Å². The Morgan fingerprint density at radius 2 is 2.11 bits per heavy atom. The van der Waals surface area contributed by atoms with Crippen LogP contribution in [0.1, 0.15) is 45.1 Å². The molecule has 1 aliphatic heterocycles. The summed E-state index contributed by atoms with van der Waals surface area (Å²) in [5.41, 5.74) is 6.76. The molecule has 1 heterocycles. The van der Waals surface area contributed by atoms with Gasteiger partial charge in [0.15, 0.2) is 0 Å². The van der Waals surface area contributed by atoms with E-state index in [1.54, 1.807) is 0 Å². The zero-order valence-corrected chi connectivity index (χ0v) is 17.4. The van der Waals surface area contributed by atoms with Crippen molar-refractivity contribution in [2.75, 3.05) is 19.6 Å². The second-order valence-corrected chi connectivity index (χ2v) is 7.06. The number of nitrogens with two attached hydrogens (primary N) is 1. The molecule has 4 N–H and O–H groups in total. The first-order valence-electron chi connectivity index (χ1n) is 9.56. The van der Waals surface area contributed by atoms with Crippen LogP contribution in [0, 0.1) is 17.8 Å². The molecule has 150 valence electrons. The van der Waals surface area contributed by atoms with E-state index in [0.29, 0.717) is 12.6 Å². The van der Waals surface area contributed by atoms with Gasteiger partial charge < -0.3 is 21.1 Å². The molecule has 0 aromatic heterocycles. The van der Waals surface area contributed by atoms with Crippen LogP contribution in [0.3, 0.4) is 0 Å². The van der Waals surface area contributed by atoms with E-state index in [0.717, 1.165) is 50.1 Å². The lowest BCUT2D eigenvalue weighted by Crippen LogP contribution is -2.44. The number of unbranched alkanes of at least 4 members (excludes halogenated alkanes) is 1. The lowest BCUT2D eigenvalue weighted by molar-refractivity contribution is -0.123. The monoisotopic (exact) mass is 391 g/mol. The largest absolute Gasteiger partial charge is 0.490 e. The number of benzene rings is 1. The Morgan fingerprint density at radius 1 is 1.37 bits per heavy atom. The number of carbonyl (C=O) groups excluding carboxylic acids is 1. The van der Waals surface area contributed by atoms with E-state index in [-0.39, 0.29) is 25.3 Å². The molecule has 1 amide bonds. The predicted octanol–water partition coefficient (Wildman–Crippen LogP) is 2.16. The predicted molar refractivity (Wildman–Crippen MR) is 115 cm³/mol. The quantitative estimate of drug-likeness (QED) is 0.492. The fourth-order valence-electron chi connectivity index (χ4n) is 2.73. The minimum atomic E-state index is -0.441. The summed E-state index contributed by atoms with van der Waals surface area (Å²) in [7, 11) is 0. The number of amides is 1. The van der Waals surface area contributed by atoms with Gasteiger partial charge in [0.05, 0.1) is 6.04 Å². The molecule has 0 saturated carbocycles. The van der Waals surface area contributed by atoms with E-state index < -0.39 is 6.04 Å². The number of piperidine rings is 1. The first kappa shape index (κ1) is 23.4. The minimum Gasteiger partial charge on any atom is -0.490 e. The SMILES string of the molecule is CC(C)[C@H](N)C(=O)NCCCC#Cc1cccc(OC2CCNCC2)c1.S. The molecule has 0 bridgehead atoms. The van der Waals surface area contributed by atoms with Crippen molar-refractivity contribution in [2.24, 2.45) is 11.7 Å². The maximum absolute atomic E-state index is 11.7. The van der Waals surface area contributed by atoms with E-state index in [4.69, 9.17) is 10.5 Å². The third-order valence-electron chi connectivity index (χ3n) is 4.45. The molecular weight excluding hydrogens is 358 g/mol. The van der Waals surface area contributed by atoms with Crippen molar-refractivity contribution in [3.63, 3.8) is 0 Å². The van der Waals surface area contributed by atoms with E-state index in [1.807, 2.05) is 38.1 Å². The molecule has 1 aromatic carbocycles. The van der Waals surface area contributed by atoms with E-state index >= 15 is 0 Å². The highest BCUT2D eigenvalue weighted by atomic mass is 32.1. The average Bonchev–Trinajstić information content (AvgIpc) is 2.64. The molecule has 1 fully saturated rings. The number of rotatable bonds is 7. The first-order chi connectivity index (χ1) is 12.6. The van der Waals surface area contributed by atoms with Crippen LogP contribution in [0.5, 0.6) is 5.75 Å². The van der Waals surface area contributed by atoms with E-state index in [9.17, 15) is 4.79 Å². The molecule has 0 unspecified atom stereocenters. The average molecular weight is 392 g/mol. The Morgan fingerprint density at radius 3 is 2.81 bits per heavy atom. The molecule has 0 spiro atoms. The Kier molecular flexibility index (Phi) is 11.0. The molecule has 1 aromatic rings. The molecule has 1 atom stereocenters. The fraction of sp³-hybridized carbons (Fsp3) is 0.571. The summed E-state index contributed by atoms with van der Waals surface area (Å²) < 4.78 is 6.04. The molecule has 0 aliphatic carbocycles. The van der Waals surface area contributed by atoms with Gasteiger partial charge in [0.25, 0.3) is 0 Å². The third kappa shape index (κ3) is 8.70. The van der Waals surface area contributed by atoms with Crippen molar-refractivity contribution in [3.05, 3.63) is 29.8 Å². The van der Waals surface area contributed by atoms with Crippen molar-refractivity contribution in [3.8, 4) is 17.6 Å². The van der Waals surface area contributed by atoms with Crippen LogP contribution >= 0.6 is 13.5 Å². The van der Waals surface area contributed by atoms with Crippen LogP contribution in [-0.4, -0.2) is 37.7 Å². The lowest BCUT2D eigenvalue weighted by Gasteiger charge is -2.23. The fourth-order valence-corrected chi connectivity index (χ4v) is 2.73. The highest BCUT2D eigenvalue weighted by molar-refractivity contribution is 7.59. The van der Waals surface area contributed by atoms with E-state index in [1.165, 1.54) is 0 Å². The standard InChI is InChI=1S/C21H31N3O2.H2S/c1-16(2)20(22)21(25)24-12-5-3-4-7-17-8-6-9-19(15-17)26-18-10-13-23-14-11-18;/h6,8-9,15-16,18,20,23H,3,5,10-14,22H2,1-2H3,(H,24,25);1H2/t20-;/m0./s1. The summed E-state index contributed by atoms with van der Waals surface area (Å²) in [6.07, 6.45) is 3.93. The molecule has 0 radical (unpaired) electrons. The van der Waals surface area contributed by atoms with Gasteiger partial charge in [0.1, 0.15) is 11.9 Å². The van der Waals surface area contributed by atoms with Crippen LogP contribution in [0.25, 0.3) is 0 Å². The van der Waals surface area contributed by atoms with Gasteiger partial charge in [-0.2, -0.15) is 13.5 Å². The highest BCUT2D eigenvalue weighted by Crippen LogP contribution is 2.17. The number of hydrogen-bond donors (Lipinski definition) is 3. The number of nitrogens with one attached hydrogen (secondary N) is 2. The maximum atomic E-state index is 11.7. The zero-order valence-electron chi connectivity index (χ0n) is 16.4. The van der Waals surface area contributed by atoms with Gasteiger partial charge in [0.2, 0.25) is 5.91 Å². The van der Waals surface area contributed by atoms with Gasteiger partial charge in [-0.3, -0.25) is 4.79 Å². The van der Waals surface area contributed by atoms with Crippen LogP contribution < -0.4 is 21.1 Å². The molecule has 6 heteroatoms. The van der Waals surface area contributed by atoms with E-state index in [2.05, 4.69) is 22.5 Å². The molecule has 2 rings (SSSR count). The smallest absolute Gasteiger partial charge is 0.237 e. The molecule has 1 saturated heterocycles. The molecular formula is C21H33N3O2S. The Labute approximate surface area is 170 Å². The Bertz CT molecular complexity index is 634. The van der Waals surface area contributed by atoms with Crippen molar-refractivity contribution < 1.29 is 9.53 Å². The zero-order chi connectivity index (χ0) is 18.8. The second-order valence-electron chi connectivity index (χ2n) is 7.06. The maximum Gasteiger partial charge on any atom is 0.237 e. The topological polar surface area (TPSA) is 76.4 Å². The van der Waals surface area contributed by atoms with Crippen molar-refractivity contribution in [1.82, 2.24) is 10.6 Å². The molecule has 27 heavy (non-hydrogen) atoms. The first-order valence-corrected chi connectivity index (χ1v) is 9.56. The van der Waals surface area contributed by atoms with Gasteiger partial charge in [-0.1, -0.05) is 31.8 Å². The highest BCUT2D eigenvalue weighted by Gasteiger charge is 2.16. The second kappa shape index (κ2) is 12.7. The van der Waals surface area contributed by atoms with Crippen LogP contribution in [0.4, 0.5) is 0 Å². The van der Waals surface area contributed by atoms with Crippen LogP contribution in [-0.2, 0) is 4.79 Å². The normalized spacial score (nSPS) is 15.3. The van der Waals surface area contributed by atoms with Crippen molar-refractivity contribution >= 4 is 19.4 Å². The van der Waals surface area contributed by atoms with Crippen molar-refractivity contribution in [2.45, 2.75) is 51.7 Å². The summed E-state index contributed by atoms with van der Waals surface area (Å²) in [6, 6.07) is 7.52. The summed E-state index contributed by atoms with van der Waals surface area (Å²) >= 11 is 0. The van der Waals surface area contributed by atoms with Gasteiger partial charge in [-0.25, -0.2) is 0 Å². The number of hydrogen-bond acceptors (Lipinski definition) is 4. The lowest BCUT2D eigenvalue weighted by atomic mass is 10.1. The van der Waals surface area contributed by atoms with Gasteiger partial charge >= 0.3 is 0 Å². The van der Waals surface area contributed by atoms with Crippen LogP contribution in [0.2, 0.25) is 0 Å². The van der Waals surface area contributed by atoms with Crippen LogP contribution in [0.15, 0.2) is 24.3 Å². The van der Waals surface area contributed by atoms with Crippen molar-refractivity contribution in [1.29, 1.82) is 0 Å². The Hall–Kier alpha value is -1.68. The number of carbonyl (C=O) groups is 1. The number of ether oxygens (including phenoxy) is 1. The molecule has 5 nitrogen and oxygen atoms in total. The third-order valence-corrected chi connectivity index (χ3v) is 4.45. The minimum absolute atomic E-state index is 0. The Balaban J connectivity index is 0.00000364.